The Labute approximate surface area is 169 Å². The van der Waals surface area contributed by atoms with Crippen molar-refractivity contribution in [3.63, 3.8) is 0 Å². The van der Waals surface area contributed by atoms with Gasteiger partial charge in [0.2, 0.25) is 11.4 Å². The van der Waals surface area contributed by atoms with Gasteiger partial charge in [-0.15, -0.1) is 0 Å². The molecule has 8 nitrogen and oxygen atoms in total. The highest BCUT2D eigenvalue weighted by atomic mass is 16.6. The molecule has 0 spiro atoms. The number of aliphatic hydroxyl groups excluding tert-OH is 1. The highest BCUT2D eigenvalue weighted by Gasteiger charge is 2.97. The third-order valence-corrected chi connectivity index (χ3v) is 8.17. The van der Waals surface area contributed by atoms with Crippen molar-refractivity contribution in [1.82, 2.24) is 0 Å². The highest BCUT2D eigenvalue weighted by Crippen LogP contribution is 2.77. The van der Waals surface area contributed by atoms with Crippen LogP contribution in [-0.2, 0) is 23.8 Å². The summed E-state index contributed by atoms with van der Waals surface area (Å²) in [5.41, 5.74) is -9.77. The second kappa shape index (κ2) is 5.81. The van der Waals surface area contributed by atoms with Crippen LogP contribution in [0.5, 0.6) is 0 Å². The molecule has 3 aliphatic carbocycles. The molecule has 2 saturated carbocycles. The van der Waals surface area contributed by atoms with Crippen molar-refractivity contribution in [2.75, 3.05) is 13.2 Å². The Morgan fingerprint density at radius 3 is 2.41 bits per heavy atom. The molecule has 3 N–H and O–H groups in total. The van der Waals surface area contributed by atoms with Crippen LogP contribution in [-0.4, -0.2) is 68.8 Å². The molecular formula is C21H30O8. The molecule has 0 amide bonds. The fourth-order valence-corrected chi connectivity index (χ4v) is 7.06. The van der Waals surface area contributed by atoms with Crippen LogP contribution in [0.25, 0.3) is 0 Å². The lowest BCUT2D eigenvalue weighted by molar-refractivity contribution is -0.325. The Morgan fingerprint density at radius 1 is 1.17 bits per heavy atom. The lowest BCUT2D eigenvalue weighted by Gasteiger charge is -2.62. The maximum absolute atomic E-state index is 13.2. The van der Waals surface area contributed by atoms with Gasteiger partial charge in [-0.05, 0) is 39.5 Å². The Morgan fingerprint density at radius 2 is 1.83 bits per heavy atom. The van der Waals surface area contributed by atoms with E-state index in [0.717, 1.165) is 0 Å². The second-order valence-electron chi connectivity index (χ2n) is 9.09. The summed E-state index contributed by atoms with van der Waals surface area (Å²) in [5.74, 6) is -2.50. The first kappa shape index (κ1) is 20.8. The van der Waals surface area contributed by atoms with Gasteiger partial charge in [0.05, 0.1) is 11.8 Å². The summed E-state index contributed by atoms with van der Waals surface area (Å²) in [4.78, 5) is 26.1. The summed E-state index contributed by atoms with van der Waals surface area (Å²) >= 11 is 0. The van der Waals surface area contributed by atoms with E-state index in [1.165, 1.54) is 6.92 Å². The van der Waals surface area contributed by atoms with Gasteiger partial charge >= 0.3 is 5.97 Å². The van der Waals surface area contributed by atoms with Gasteiger partial charge in [-0.1, -0.05) is 13.8 Å². The maximum Gasteiger partial charge on any atom is 0.307 e. The van der Waals surface area contributed by atoms with E-state index in [0.29, 0.717) is 12.8 Å². The smallest absolute Gasteiger partial charge is 0.307 e. The van der Waals surface area contributed by atoms with Crippen LogP contribution in [0.4, 0.5) is 0 Å². The summed E-state index contributed by atoms with van der Waals surface area (Å²) in [5, 5.41) is 34.7. The van der Waals surface area contributed by atoms with Gasteiger partial charge in [-0.3, -0.25) is 9.59 Å². The first-order chi connectivity index (χ1) is 13.5. The van der Waals surface area contributed by atoms with Gasteiger partial charge in [-0.25, -0.2) is 0 Å². The topological polar surface area (TPSA) is 123 Å². The van der Waals surface area contributed by atoms with E-state index in [2.05, 4.69) is 0 Å². The van der Waals surface area contributed by atoms with E-state index < -0.39 is 51.4 Å². The van der Waals surface area contributed by atoms with Crippen molar-refractivity contribution < 1.29 is 39.1 Å². The monoisotopic (exact) mass is 410 g/mol. The number of hydrogen-bond donors (Lipinski definition) is 3. The average Bonchev–Trinajstić information content (AvgIpc) is 2.83. The van der Waals surface area contributed by atoms with Crippen LogP contribution in [0, 0.1) is 11.3 Å². The molecule has 1 saturated heterocycles. The van der Waals surface area contributed by atoms with E-state index in [-0.39, 0.29) is 31.1 Å². The molecule has 2 bridgehead atoms. The number of esters is 1. The average molecular weight is 410 g/mol. The molecule has 7 atom stereocenters. The Kier molecular flexibility index (Phi) is 4.16. The molecule has 1 heterocycles. The first-order valence-electron chi connectivity index (χ1n) is 10.3. The van der Waals surface area contributed by atoms with Crippen LogP contribution in [0.1, 0.15) is 53.9 Å². The van der Waals surface area contributed by atoms with E-state index in [1.807, 2.05) is 6.92 Å². The van der Waals surface area contributed by atoms with Crippen LogP contribution in [0.15, 0.2) is 11.3 Å². The molecule has 8 heteroatoms. The van der Waals surface area contributed by atoms with Gasteiger partial charge < -0.3 is 29.5 Å². The zero-order valence-corrected chi connectivity index (χ0v) is 17.6. The first-order valence-corrected chi connectivity index (χ1v) is 10.3. The molecule has 7 unspecified atom stereocenters. The largest absolute Gasteiger partial charge is 0.504 e. The number of carbonyl (C=O) groups excluding carboxylic acids is 2. The summed E-state index contributed by atoms with van der Waals surface area (Å²) in [6.07, 6.45) is -0.174. The van der Waals surface area contributed by atoms with Crippen molar-refractivity contribution in [2.45, 2.75) is 82.4 Å². The molecule has 0 aromatic rings. The number of hydrogen-bond acceptors (Lipinski definition) is 8. The summed E-state index contributed by atoms with van der Waals surface area (Å²) in [6.45, 7) is 8.94. The van der Waals surface area contributed by atoms with Crippen molar-refractivity contribution >= 4 is 11.8 Å². The fourth-order valence-electron chi connectivity index (χ4n) is 7.06. The maximum atomic E-state index is 13.2. The minimum Gasteiger partial charge on any atom is -0.504 e. The third kappa shape index (κ3) is 1.71. The zero-order valence-electron chi connectivity index (χ0n) is 17.6. The molecule has 3 fully saturated rings. The number of ether oxygens (including phenoxy) is 3. The quantitative estimate of drug-likeness (QED) is 0.591. The molecule has 0 radical (unpaired) electrons. The van der Waals surface area contributed by atoms with Gasteiger partial charge in [0.1, 0.15) is 11.7 Å². The standard InChI is InChI=1S/C21H30O8/c1-6-27-16-11(3)8-9-18(28-7-2)17(5)10-13(22)29-21(16,18)19(25)12(4)14(23)15(24)20(17,19)26/h11,16,23,25-26H,6-10H2,1-5H3. The van der Waals surface area contributed by atoms with E-state index in [9.17, 15) is 24.9 Å². The molecule has 4 aliphatic rings. The fraction of sp³-hybridized carbons (Fsp3) is 0.810. The normalized spacial score (nSPS) is 51.1. The summed E-state index contributed by atoms with van der Waals surface area (Å²) < 4.78 is 18.3. The molecule has 162 valence electrons. The van der Waals surface area contributed by atoms with Gasteiger partial charge in [0.25, 0.3) is 0 Å². The second-order valence-corrected chi connectivity index (χ2v) is 9.09. The van der Waals surface area contributed by atoms with Gasteiger partial charge in [-0.2, -0.15) is 0 Å². The van der Waals surface area contributed by atoms with Crippen molar-refractivity contribution in [3.8, 4) is 0 Å². The van der Waals surface area contributed by atoms with Crippen LogP contribution in [0.3, 0.4) is 0 Å². The predicted octanol–water partition coefficient (Wildman–Crippen LogP) is 1.18. The van der Waals surface area contributed by atoms with Crippen molar-refractivity contribution in [2.24, 2.45) is 11.3 Å². The number of ketones is 1. The summed E-state index contributed by atoms with van der Waals surface area (Å²) in [6, 6.07) is 0. The third-order valence-electron chi connectivity index (χ3n) is 8.17. The SMILES string of the molecule is CCOC1C(C)CCC2(OCC)C3(C)CC(=O)OC12C1(O)C(C)=C(O)C(=O)C31O. The van der Waals surface area contributed by atoms with Crippen molar-refractivity contribution in [1.29, 1.82) is 0 Å². The molecule has 4 rings (SSSR count). The van der Waals surface area contributed by atoms with Crippen LogP contribution >= 0.6 is 0 Å². The van der Waals surface area contributed by atoms with Crippen LogP contribution in [0.2, 0.25) is 0 Å². The number of Topliss-reactive ketones (excluding diaryl/α,β-unsaturated/α-hetero) is 1. The lowest BCUT2D eigenvalue weighted by Crippen LogP contribution is -2.78. The van der Waals surface area contributed by atoms with E-state index in [4.69, 9.17) is 14.2 Å². The predicted molar refractivity (Wildman–Crippen MR) is 100.0 cm³/mol. The Bertz CT molecular complexity index is 821. The minimum absolute atomic E-state index is 0.119. The number of fused-ring (bicyclic) bond motifs is 2. The highest BCUT2D eigenvalue weighted by molar-refractivity contribution is 6.08. The lowest BCUT2D eigenvalue weighted by atomic mass is 9.55. The summed E-state index contributed by atoms with van der Waals surface area (Å²) in [7, 11) is 0. The molecule has 0 aromatic carbocycles. The van der Waals surface area contributed by atoms with E-state index >= 15 is 0 Å². The van der Waals surface area contributed by atoms with Gasteiger partial charge in [0.15, 0.2) is 17.0 Å². The van der Waals surface area contributed by atoms with E-state index in [1.54, 1.807) is 20.8 Å². The van der Waals surface area contributed by atoms with Gasteiger partial charge in [0, 0.05) is 18.8 Å². The minimum atomic E-state index is -2.49. The Hall–Kier alpha value is -1.48. The van der Waals surface area contributed by atoms with Crippen LogP contribution < -0.4 is 0 Å². The molecular weight excluding hydrogens is 380 g/mol. The molecule has 0 aromatic heterocycles. The molecule has 1 aliphatic heterocycles. The number of aliphatic hydroxyl groups is 3. The number of rotatable bonds is 4. The van der Waals surface area contributed by atoms with Crippen molar-refractivity contribution in [3.05, 3.63) is 11.3 Å². The Balaban J connectivity index is 2.17. The number of carbonyl (C=O) groups is 2. The molecule has 29 heavy (non-hydrogen) atoms. The zero-order chi connectivity index (χ0) is 21.6.